The van der Waals surface area contributed by atoms with Crippen LogP contribution in [0.4, 0.5) is 0 Å². The van der Waals surface area contributed by atoms with Gasteiger partial charge in [-0.1, -0.05) is 33.6 Å². The molecule has 0 aromatic carbocycles. The molecule has 2 unspecified atom stereocenters. The molecule has 1 amide bonds. The van der Waals surface area contributed by atoms with E-state index in [9.17, 15) is 9.59 Å². The largest absolute Gasteiger partial charge is 0.463 e. The number of amides is 1. The number of hydrogen-bond acceptors (Lipinski definition) is 3. The Morgan fingerprint density at radius 1 is 1.00 bits per heavy atom. The first-order valence-corrected chi connectivity index (χ1v) is 8.45. The fourth-order valence-electron chi connectivity index (χ4n) is 2.06. The fourth-order valence-corrected chi connectivity index (χ4v) is 2.06. The molecule has 124 valence electrons. The van der Waals surface area contributed by atoms with Crippen LogP contribution in [0, 0.1) is 0 Å². The first kappa shape index (κ1) is 19.9. The minimum atomic E-state index is -0.209. The Hall–Kier alpha value is -1.06. The topological polar surface area (TPSA) is 46.6 Å². The number of hydrogen-bond donors (Lipinski definition) is 0. The van der Waals surface area contributed by atoms with E-state index in [0.29, 0.717) is 13.0 Å². The molecule has 0 saturated heterocycles. The second-order valence-electron chi connectivity index (χ2n) is 5.76. The van der Waals surface area contributed by atoms with Gasteiger partial charge in [-0.25, -0.2) is 0 Å². The molecular weight excluding hydrogens is 266 g/mol. The van der Waals surface area contributed by atoms with Crippen molar-refractivity contribution in [1.29, 1.82) is 0 Å². The van der Waals surface area contributed by atoms with Gasteiger partial charge in [0.25, 0.3) is 0 Å². The lowest BCUT2D eigenvalue weighted by Gasteiger charge is -2.28. The van der Waals surface area contributed by atoms with E-state index in [1.807, 2.05) is 25.7 Å². The lowest BCUT2D eigenvalue weighted by atomic mass is 10.1. The molecule has 0 fully saturated rings. The molecule has 21 heavy (non-hydrogen) atoms. The van der Waals surface area contributed by atoms with Gasteiger partial charge in [0.1, 0.15) is 0 Å². The second-order valence-corrected chi connectivity index (χ2v) is 5.76. The predicted molar refractivity (Wildman–Crippen MR) is 86.1 cm³/mol. The van der Waals surface area contributed by atoms with Crippen LogP contribution in [0.25, 0.3) is 0 Å². The van der Waals surface area contributed by atoms with Crippen LogP contribution in [0.5, 0.6) is 0 Å². The average Bonchev–Trinajstić information content (AvgIpc) is 2.47. The van der Waals surface area contributed by atoms with E-state index in [4.69, 9.17) is 4.74 Å². The maximum absolute atomic E-state index is 12.3. The van der Waals surface area contributed by atoms with Gasteiger partial charge in [0, 0.05) is 19.0 Å². The van der Waals surface area contributed by atoms with Crippen LogP contribution in [-0.4, -0.2) is 35.5 Å². The van der Waals surface area contributed by atoms with Gasteiger partial charge in [-0.05, 0) is 33.1 Å². The Morgan fingerprint density at radius 3 is 2.19 bits per heavy atom. The minimum Gasteiger partial charge on any atom is -0.463 e. The zero-order valence-electron chi connectivity index (χ0n) is 14.5. The molecule has 0 bridgehead atoms. The molecule has 2 atom stereocenters. The molecule has 4 heteroatoms. The maximum Gasteiger partial charge on any atom is 0.307 e. The highest BCUT2D eigenvalue weighted by atomic mass is 16.5. The van der Waals surface area contributed by atoms with Crippen LogP contribution in [0.3, 0.4) is 0 Å². The number of carbonyl (C=O) groups excluding carboxylic acids is 2. The van der Waals surface area contributed by atoms with Crippen molar-refractivity contribution in [1.82, 2.24) is 4.90 Å². The zero-order chi connectivity index (χ0) is 16.3. The molecule has 0 aliphatic carbocycles. The van der Waals surface area contributed by atoms with Crippen LogP contribution in [0.1, 0.15) is 79.6 Å². The van der Waals surface area contributed by atoms with Crippen LogP contribution in [-0.2, 0) is 14.3 Å². The molecule has 0 aromatic heterocycles. The Morgan fingerprint density at radius 2 is 1.67 bits per heavy atom. The van der Waals surface area contributed by atoms with Gasteiger partial charge in [0.15, 0.2) is 0 Å². The lowest BCUT2D eigenvalue weighted by Crippen LogP contribution is -2.40. The van der Waals surface area contributed by atoms with Crippen molar-refractivity contribution in [3.8, 4) is 0 Å². The van der Waals surface area contributed by atoms with E-state index in [0.717, 1.165) is 32.1 Å². The maximum atomic E-state index is 12.3. The Balaban J connectivity index is 4.36. The molecule has 4 nitrogen and oxygen atoms in total. The Labute approximate surface area is 130 Å². The smallest absolute Gasteiger partial charge is 0.307 e. The van der Waals surface area contributed by atoms with E-state index in [-0.39, 0.29) is 30.4 Å². The summed E-state index contributed by atoms with van der Waals surface area (Å²) in [5.74, 6) is -0.0480. The van der Waals surface area contributed by atoms with Gasteiger partial charge in [-0.2, -0.15) is 0 Å². The highest BCUT2D eigenvalue weighted by molar-refractivity contribution is 5.77. The predicted octanol–water partition coefficient (Wildman–Crippen LogP) is 3.93. The van der Waals surface area contributed by atoms with E-state index in [2.05, 4.69) is 13.8 Å². The van der Waals surface area contributed by atoms with Crippen molar-refractivity contribution >= 4 is 11.9 Å². The van der Waals surface area contributed by atoms with Gasteiger partial charge in [0.2, 0.25) is 5.91 Å². The van der Waals surface area contributed by atoms with Crippen molar-refractivity contribution in [2.45, 2.75) is 91.7 Å². The van der Waals surface area contributed by atoms with E-state index in [1.54, 1.807) is 0 Å². The Bertz CT molecular complexity index is 304. The van der Waals surface area contributed by atoms with Gasteiger partial charge in [-0.15, -0.1) is 0 Å². The number of ether oxygens (including phenoxy) is 1. The molecule has 0 aliphatic heterocycles. The van der Waals surface area contributed by atoms with Crippen LogP contribution < -0.4 is 0 Å². The summed E-state index contributed by atoms with van der Waals surface area (Å²) in [5, 5.41) is 0. The number of carbonyl (C=O) groups is 2. The number of esters is 1. The van der Waals surface area contributed by atoms with Crippen molar-refractivity contribution < 1.29 is 14.3 Å². The van der Waals surface area contributed by atoms with Crippen molar-refractivity contribution in [3.63, 3.8) is 0 Å². The average molecular weight is 299 g/mol. The molecule has 0 radical (unpaired) electrons. The summed E-state index contributed by atoms with van der Waals surface area (Å²) in [6, 6.07) is 0.176. The highest BCUT2D eigenvalue weighted by Gasteiger charge is 2.20. The number of rotatable bonds is 11. The summed E-state index contributed by atoms with van der Waals surface area (Å²) in [4.78, 5) is 25.9. The van der Waals surface area contributed by atoms with E-state index in [1.165, 1.54) is 0 Å². The number of nitrogens with zero attached hydrogens (tertiary/aromatic N) is 1. The third-order valence-corrected chi connectivity index (χ3v) is 3.90. The monoisotopic (exact) mass is 299 g/mol. The van der Waals surface area contributed by atoms with Crippen molar-refractivity contribution in [2.75, 3.05) is 6.54 Å². The zero-order valence-corrected chi connectivity index (χ0v) is 14.5. The van der Waals surface area contributed by atoms with Crippen molar-refractivity contribution in [3.05, 3.63) is 0 Å². The first-order chi connectivity index (χ1) is 9.96. The lowest BCUT2D eigenvalue weighted by molar-refractivity contribution is -0.149. The molecular formula is C17H33NO3. The normalized spacial score (nSPS) is 13.6. The summed E-state index contributed by atoms with van der Waals surface area (Å²) >= 11 is 0. The summed E-state index contributed by atoms with van der Waals surface area (Å²) < 4.78 is 5.26. The second kappa shape index (κ2) is 11.6. The quantitative estimate of drug-likeness (QED) is 0.429. The third-order valence-electron chi connectivity index (χ3n) is 3.90. The minimum absolute atomic E-state index is 0.0465. The molecule has 0 heterocycles. The SMILES string of the molecule is CCCCCC(=O)N(CCC(=O)OC(C)CC)C(C)CC. The molecule has 0 saturated carbocycles. The van der Waals surface area contributed by atoms with Crippen LogP contribution in [0.2, 0.25) is 0 Å². The van der Waals surface area contributed by atoms with E-state index < -0.39 is 0 Å². The van der Waals surface area contributed by atoms with Crippen LogP contribution in [0.15, 0.2) is 0 Å². The summed E-state index contributed by atoms with van der Waals surface area (Å²) in [6.45, 7) is 10.6. The highest BCUT2D eigenvalue weighted by Crippen LogP contribution is 2.11. The standard InChI is InChI=1S/C17H33NO3/c1-6-9-10-11-16(19)18(14(4)7-2)13-12-17(20)21-15(5)8-3/h14-15H,6-13H2,1-5H3. The van der Waals surface area contributed by atoms with Gasteiger partial charge in [-0.3, -0.25) is 9.59 Å². The fraction of sp³-hybridized carbons (Fsp3) is 0.882. The van der Waals surface area contributed by atoms with Crippen molar-refractivity contribution in [2.24, 2.45) is 0 Å². The molecule has 0 rings (SSSR count). The summed E-state index contributed by atoms with van der Waals surface area (Å²) in [7, 11) is 0. The summed E-state index contributed by atoms with van der Waals surface area (Å²) in [5.41, 5.74) is 0. The molecule has 0 N–H and O–H groups in total. The van der Waals surface area contributed by atoms with Crippen LogP contribution >= 0.6 is 0 Å². The summed E-state index contributed by atoms with van der Waals surface area (Å²) in [6.07, 6.45) is 5.66. The van der Waals surface area contributed by atoms with Gasteiger partial charge in [0.05, 0.1) is 12.5 Å². The van der Waals surface area contributed by atoms with E-state index >= 15 is 0 Å². The number of unbranched alkanes of at least 4 members (excludes halogenated alkanes) is 2. The van der Waals surface area contributed by atoms with Gasteiger partial charge >= 0.3 is 5.97 Å². The first-order valence-electron chi connectivity index (χ1n) is 8.45. The van der Waals surface area contributed by atoms with Gasteiger partial charge < -0.3 is 9.64 Å². The molecule has 0 aromatic rings. The molecule has 0 spiro atoms. The Kier molecular flexibility index (Phi) is 11.0. The third kappa shape index (κ3) is 8.74. The molecule has 0 aliphatic rings.